The fourth-order valence-electron chi connectivity index (χ4n) is 4.05. The smallest absolute Gasteiger partial charge is 0.350 e. The van der Waals surface area contributed by atoms with Gasteiger partial charge in [0.05, 0.1) is 13.0 Å². The van der Waals surface area contributed by atoms with E-state index in [0.29, 0.717) is 17.5 Å². The molecule has 0 aliphatic rings. The van der Waals surface area contributed by atoms with Gasteiger partial charge in [-0.15, -0.1) is 9.78 Å². The van der Waals surface area contributed by atoms with Crippen molar-refractivity contribution in [1.29, 1.82) is 0 Å². The first-order valence-electron chi connectivity index (χ1n) is 11.9. The number of alkyl halides is 1. The molecule has 1 unspecified atom stereocenters. The minimum absolute atomic E-state index is 0.0570. The highest BCUT2D eigenvalue weighted by atomic mass is 19.1. The normalized spacial score (nSPS) is 11.9. The Labute approximate surface area is 220 Å². The van der Waals surface area contributed by atoms with Crippen LogP contribution in [0.5, 0.6) is 11.5 Å². The van der Waals surface area contributed by atoms with Gasteiger partial charge in [0.1, 0.15) is 24.9 Å². The summed E-state index contributed by atoms with van der Waals surface area (Å²) in [6.45, 7) is 0.572. The summed E-state index contributed by atoms with van der Waals surface area (Å²) in [4.78, 5) is 27.9. The number of hydrogen-bond donors (Lipinski definition) is 1. The molecule has 0 aliphatic carbocycles. The maximum absolute atomic E-state index is 15.8. The molecule has 0 saturated carbocycles. The molecular formula is C26H23F2N7O4. The molecule has 39 heavy (non-hydrogen) atoms. The zero-order valence-corrected chi connectivity index (χ0v) is 21.0. The molecular weight excluding hydrogens is 512 g/mol. The van der Waals surface area contributed by atoms with Gasteiger partial charge >= 0.3 is 5.69 Å². The highest BCUT2D eigenvalue weighted by molar-refractivity contribution is 5.55. The van der Waals surface area contributed by atoms with Gasteiger partial charge in [0.2, 0.25) is 11.7 Å². The van der Waals surface area contributed by atoms with E-state index in [4.69, 9.17) is 14.0 Å². The minimum Gasteiger partial charge on any atom is -0.497 e. The third-order valence-corrected chi connectivity index (χ3v) is 5.87. The summed E-state index contributed by atoms with van der Waals surface area (Å²) in [5.41, 5.74) is 1.07. The number of rotatable bonds is 10. The summed E-state index contributed by atoms with van der Waals surface area (Å²) in [6.07, 6.45) is 3.17. The van der Waals surface area contributed by atoms with E-state index in [1.165, 1.54) is 31.6 Å². The van der Waals surface area contributed by atoms with Crippen LogP contribution in [0.2, 0.25) is 0 Å². The second-order valence-corrected chi connectivity index (χ2v) is 8.43. The van der Waals surface area contributed by atoms with Crippen molar-refractivity contribution >= 4 is 0 Å². The lowest BCUT2D eigenvalue weighted by atomic mass is 9.90. The number of ether oxygens (including phenoxy) is 2. The van der Waals surface area contributed by atoms with Gasteiger partial charge in [-0.3, -0.25) is 4.98 Å². The molecule has 2 aromatic carbocycles. The summed E-state index contributed by atoms with van der Waals surface area (Å²) in [7, 11) is 1.42. The number of H-pyrrole nitrogens is 1. The van der Waals surface area contributed by atoms with Crippen LogP contribution in [0, 0.1) is 12.7 Å². The Kier molecular flexibility index (Phi) is 7.39. The minimum atomic E-state index is -0.802. The van der Waals surface area contributed by atoms with Crippen molar-refractivity contribution < 1.29 is 22.8 Å². The fraction of sp³-hybridized carbons (Fsp3) is 0.231. The Bertz CT molecular complexity index is 1620. The van der Waals surface area contributed by atoms with E-state index in [1.54, 1.807) is 13.0 Å². The maximum atomic E-state index is 15.8. The second-order valence-electron chi connectivity index (χ2n) is 8.43. The molecule has 11 nitrogen and oxygen atoms in total. The topological polar surface area (TPSA) is 134 Å². The van der Waals surface area contributed by atoms with Gasteiger partial charge in [0, 0.05) is 36.5 Å². The van der Waals surface area contributed by atoms with Crippen LogP contribution in [0.25, 0.3) is 17.3 Å². The molecule has 1 N–H and O–H groups in total. The summed E-state index contributed by atoms with van der Waals surface area (Å²) >= 11 is 0. The van der Waals surface area contributed by atoms with Gasteiger partial charge in [-0.25, -0.2) is 23.5 Å². The van der Waals surface area contributed by atoms with Crippen molar-refractivity contribution in [3.63, 3.8) is 0 Å². The molecule has 0 bridgehead atoms. The number of halogens is 2. The van der Waals surface area contributed by atoms with E-state index >= 15 is 4.39 Å². The molecule has 0 amide bonds. The molecule has 200 valence electrons. The molecule has 5 rings (SSSR count). The maximum Gasteiger partial charge on any atom is 0.350 e. The van der Waals surface area contributed by atoms with E-state index < -0.39 is 24.1 Å². The van der Waals surface area contributed by atoms with Gasteiger partial charge in [0.25, 0.3) is 5.95 Å². The Balaban J connectivity index is 1.58. The highest BCUT2D eigenvalue weighted by Gasteiger charge is 2.27. The van der Waals surface area contributed by atoms with Crippen molar-refractivity contribution in [2.45, 2.75) is 19.3 Å². The van der Waals surface area contributed by atoms with E-state index in [9.17, 15) is 9.18 Å². The standard InChI is InChI=1S/C26H23F2N7O4/c1-15-31-23(34-39-15)17-6-4-16(5-7-17)12-20(19-13-18(37-2)14-21(22(19)28)38-11-8-27)24-32-26(36)35(33-24)25-29-9-3-10-30-25/h3-7,9-10,13-14,20H,8,11-12H2,1-2H3,(H,32,33,36). The Morgan fingerprint density at radius 3 is 2.59 bits per heavy atom. The van der Waals surface area contributed by atoms with Crippen molar-refractivity contribution in [3.8, 4) is 28.8 Å². The molecule has 0 saturated heterocycles. The Hall–Kier alpha value is -4.94. The Morgan fingerprint density at radius 1 is 1.15 bits per heavy atom. The van der Waals surface area contributed by atoms with Crippen LogP contribution in [0.3, 0.4) is 0 Å². The highest BCUT2D eigenvalue weighted by Crippen LogP contribution is 2.36. The lowest BCUT2D eigenvalue weighted by molar-refractivity contribution is 0.260. The first kappa shape index (κ1) is 25.7. The van der Waals surface area contributed by atoms with Crippen molar-refractivity contribution in [3.05, 3.63) is 94.0 Å². The summed E-state index contributed by atoms with van der Waals surface area (Å²) in [5.74, 6) is -0.312. The van der Waals surface area contributed by atoms with Crippen LogP contribution >= 0.6 is 0 Å². The summed E-state index contributed by atoms with van der Waals surface area (Å²) in [6, 6.07) is 11.7. The molecule has 0 fully saturated rings. The molecule has 0 aliphatic heterocycles. The van der Waals surface area contributed by atoms with Crippen LogP contribution in [0.1, 0.15) is 28.8 Å². The number of methoxy groups -OCH3 is 1. The lowest BCUT2D eigenvalue weighted by Gasteiger charge is -2.19. The average Bonchev–Trinajstić information content (AvgIpc) is 3.57. The molecule has 3 aromatic heterocycles. The predicted molar refractivity (Wildman–Crippen MR) is 134 cm³/mol. The van der Waals surface area contributed by atoms with Gasteiger partial charge < -0.3 is 14.0 Å². The lowest BCUT2D eigenvalue weighted by Crippen LogP contribution is -2.18. The quantitative estimate of drug-likeness (QED) is 0.285. The number of aromatic amines is 1. The van der Waals surface area contributed by atoms with Gasteiger partial charge in [-0.2, -0.15) is 4.98 Å². The zero-order chi connectivity index (χ0) is 27.4. The fourth-order valence-corrected chi connectivity index (χ4v) is 4.05. The largest absolute Gasteiger partial charge is 0.497 e. The number of nitrogens with zero attached hydrogens (tertiary/aromatic N) is 6. The predicted octanol–water partition coefficient (Wildman–Crippen LogP) is 3.58. The molecule has 13 heteroatoms. The first-order valence-corrected chi connectivity index (χ1v) is 11.9. The number of hydrogen-bond acceptors (Lipinski definition) is 9. The average molecular weight is 536 g/mol. The third kappa shape index (κ3) is 5.51. The molecule has 1 atom stereocenters. The molecule has 0 radical (unpaired) electrons. The van der Waals surface area contributed by atoms with Gasteiger partial charge in [-0.1, -0.05) is 29.4 Å². The van der Waals surface area contributed by atoms with Crippen LogP contribution in [-0.4, -0.2) is 55.3 Å². The second kappa shape index (κ2) is 11.2. The number of aromatic nitrogens is 7. The van der Waals surface area contributed by atoms with Gasteiger partial charge in [0.15, 0.2) is 11.6 Å². The zero-order valence-electron chi connectivity index (χ0n) is 21.0. The van der Waals surface area contributed by atoms with Crippen LogP contribution in [0.4, 0.5) is 8.78 Å². The number of benzene rings is 2. The molecule has 3 heterocycles. The third-order valence-electron chi connectivity index (χ3n) is 5.87. The van der Waals surface area contributed by atoms with Crippen LogP contribution in [-0.2, 0) is 6.42 Å². The first-order chi connectivity index (χ1) is 19.0. The molecule has 0 spiro atoms. The van der Waals surface area contributed by atoms with E-state index in [-0.39, 0.29) is 36.1 Å². The molecule has 5 aromatic rings. The van der Waals surface area contributed by atoms with E-state index in [2.05, 4.69) is 30.2 Å². The van der Waals surface area contributed by atoms with Crippen LogP contribution in [0.15, 0.2) is 64.2 Å². The summed E-state index contributed by atoms with van der Waals surface area (Å²) < 4.78 is 45.3. The van der Waals surface area contributed by atoms with Crippen molar-refractivity contribution in [2.75, 3.05) is 20.4 Å². The Morgan fingerprint density at radius 2 is 1.92 bits per heavy atom. The van der Waals surface area contributed by atoms with Gasteiger partial charge in [-0.05, 0) is 24.1 Å². The van der Waals surface area contributed by atoms with E-state index in [1.807, 2.05) is 24.3 Å². The van der Waals surface area contributed by atoms with Crippen molar-refractivity contribution in [1.82, 2.24) is 34.9 Å². The number of aryl methyl sites for hydroxylation is 1. The SMILES string of the molecule is COc1cc(OCCF)c(F)c(C(Cc2ccc(-c3noc(C)n3)cc2)c2nn(-c3ncccn3)c(=O)[nH]2)c1. The van der Waals surface area contributed by atoms with E-state index in [0.717, 1.165) is 15.8 Å². The number of nitrogens with one attached hydrogen (secondary N) is 1. The van der Waals surface area contributed by atoms with Crippen LogP contribution < -0.4 is 15.2 Å². The summed E-state index contributed by atoms with van der Waals surface area (Å²) in [5, 5.41) is 8.32. The monoisotopic (exact) mass is 535 g/mol. The van der Waals surface area contributed by atoms with Crippen molar-refractivity contribution in [2.24, 2.45) is 0 Å².